The van der Waals surface area contributed by atoms with Gasteiger partial charge < -0.3 is 19.5 Å². The monoisotopic (exact) mass is 488 g/mol. The molecule has 0 aromatic heterocycles. The van der Waals surface area contributed by atoms with Crippen LogP contribution >= 0.6 is 0 Å². The fourth-order valence-electron chi connectivity index (χ4n) is 10.1. The number of hydrogen-bond donors (Lipinski definition) is 2. The molecule has 5 nitrogen and oxygen atoms in total. The lowest BCUT2D eigenvalue weighted by molar-refractivity contribution is -0.174. The Morgan fingerprint density at radius 3 is 2.29 bits per heavy atom. The predicted octanol–water partition coefficient (Wildman–Crippen LogP) is 4.99. The van der Waals surface area contributed by atoms with Crippen LogP contribution in [0.1, 0.15) is 86.5 Å². The van der Waals surface area contributed by atoms with Crippen LogP contribution in [0.4, 0.5) is 0 Å². The van der Waals surface area contributed by atoms with Crippen LogP contribution in [0.2, 0.25) is 6.82 Å². The highest BCUT2D eigenvalue weighted by atomic mass is 16.7. The molecule has 0 radical (unpaired) electrons. The Bertz CT molecular complexity index is 819. The van der Waals surface area contributed by atoms with Crippen LogP contribution in [0.3, 0.4) is 0 Å². The minimum atomic E-state index is -0.753. The van der Waals surface area contributed by atoms with E-state index >= 15 is 0 Å². The number of carbonyl (C=O) groups excluding carboxylic acids is 1. The van der Waals surface area contributed by atoms with Gasteiger partial charge in [0.25, 0.3) is 0 Å². The van der Waals surface area contributed by atoms with Gasteiger partial charge in [-0.1, -0.05) is 41.5 Å². The third-order valence-corrected chi connectivity index (χ3v) is 12.3. The zero-order valence-corrected chi connectivity index (χ0v) is 23.1. The largest absolute Gasteiger partial charge is 0.454 e. The van der Waals surface area contributed by atoms with Gasteiger partial charge in [-0.05, 0) is 97.6 Å². The molecule has 1 saturated heterocycles. The first-order valence-electron chi connectivity index (χ1n) is 14.6. The molecule has 0 spiro atoms. The summed E-state index contributed by atoms with van der Waals surface area (Å²) >= 11 is 0. The molecule has 4 aliphatic carbocycles. The summed E-state index contributed by atoms with van der Waals surface area (Å²) in [5.41, 5.74) is 0.0387. The summed E-state index contributed by atoms with van der Waals surface area (Å²) in [4.78, 5) is 13.4. The standard InChI is InChI=1S/C29H49BO5/c1-15(2)16(3)26-27(35-30(7)34-26)17(4)19-8-9-20-18-12-23(31)22-13-24(32)25(33)14-29(22,6)21(18)10-11-28(19,20)5/h15-22,24-27,32-33H,8-14H2,1-7H3/t16-,17+,18+,19-,20+,21+,22-,24+,25-,26-,27-,28-,29-/m1/s1. The van der Waals surface area contributed by atoms with E-state index in [2.05, 4.69) is 41.5 Å². The quantitative estimate of drug-likeness (QED) is 0.546. The van der Waals surface area contributed by atoms with E-state index in [9.17, 15) is 15.0 Å². The summed E-state index contributed by atoms with van der Waals surface area (Å²) in [5, 5.41) is 20.9. The van der Waals surface area contributed by atoms with E-state index < -0.39 is 12.2 Å². The number of hydrogen-bond acceptors (Lipinski definition) is 5. The van der Waals surface area contributed by atoms with Gasteiger partial charge in [0.15, 0.2) is 0 Å². The van der Waals surface area contributed by atoms with Gasteiger partial charge in [-0.2, -0.15) is 0 Å². The van der Waals surface area contributed by atoms with Crippen molar-refractivity contribution < 1.29 is 24.3 Å². The van der Waals surface area contributed by atoms with Crippen LogP contribution in [-0.4, -0.2) is 47.5 Å². The van der Waals surface area contributed by atoms with Crippen molar-refractivity contribution >= 4 is 12.9 Å². The topological polar surface area (TPSA) is 76.0 Å². The summed E-state index contributed by atoms with van der Waals surface area (Å²) in [6.45, 7) is 16.1. The molecule has 35 heavy (non-hydrogen) atoms. The second-order valence-corrected chi connectivity index (χ2v) is 14.1. The molecule has 5 rings (SSSR count). The van der Waals surface area contributed by atoms with Crippen molar-refractivity contribution in [2.24, 2.45) is 58.2 Å². The lowest BCUT2D eigenvalue weighted by Crippen LogP contribution is -2.59. The summed E-state index contributed by atoms with van der Waals surface area (Å²) in [7, 11) is -0.143. The van der Waals surface area contributed by atoms with E-state index in [-0.39, 0.29) is 36.1 Å². The number of carbonyl (C=O) groups is 1. The van der Waals surface area contributed by atoms with E-state index in [4.69, 9.17) is 9.31 Å². The maximum Gasteiger partial charge on any atom is 0.454 e. The van der Waals surface area contributed by atoms with E-state index in [0.29, 0.717) is 66.5 Å². The second kappa shape index (κ2) is 9.10. The molecule has 0 unspecified atom stereocenters. The molecule has 198 valence electrons. The molecule has 1 aliphatic heterocycles. The SMILES string of the molecule is CB1O[C@H]([C@@H](C)[C@H]2CC[C@H]3[C@@H]4CC(=O)[C@H]5C[C@H](O)[C@H](O)C[C@]5(C)[C@H]4CC[C@]23C)[C@@H]([C@H](C)C(C)C)O1. The average Bonchev–Trinajstić information content (AvgIpc) is 3.34. The highest BCUT2D eigenvalue weighted by molar-refractivity contribution is 6.43. The van der Waals surface area contributed by atoms with Gasteiger partial charge in [0, 0.05) is 12.3 Å². The molecule has 1 heterocycles. The maximum absolute atomic E-state index is 13.4. The van der Waals surface area contributed by atoms with Crippen LogP contribution in [0.15, 0.2) is 0 Å². The minimum Gasteiger partial charge on any atom is -0.406 e. The third-order valence-electron chi connectivity index (χ3n) is 12.3. The molecular weight excluding hydrogens is 439 g/mol. The van der Waals surface area contributed by atoms with Gasteiger partial charge in [0.1, 0.15) is 5.78 Å². The van der Waals surface area contributed by atoms with Crippen molar-refractivity contribution in [3.63, 3.8) is 0 Å². The van der Waals surface area contributed by atoms with E-state index in [1.165, 1.54) is 19.3 Å². The van der Waals surface area contributed by atoms with Crippen molar-refractivity contribution in [3.05, 3.63) is 0 Å². The number of aliphatic hydroxyl groups excluding tert-OH is 2. The Kier molecular flexibility index (Phi) is 6.81. The van der Waals surface area contributed by atoms with Crippen molar-refractivity contribution in [1.82, 2.24) is 0 Å². The lowest BCUT2D eigenvalue weighted by atomic mass is 9.44. The third kappa shape index (κ3) is 3.99. The molecule has 5 aliphatic rings. The van der Waals surface area contributed by atoms with Gasteiger partial charge in [-0.3, -0.25) is 4.79 Å². The van der Waals surface area contributed by atoms with Crippen LogP contribution in [0.5, 0.6) is 0 Å². The Morgan fingerprint density at radius 2 is 1.60 bits per heavy atom. The number of ketones is 1. The summed E-state index contributed by atoms with van der Waals surface area (Å²) in [6.07, 6.45) is 5.22. The normalized spacial score (nSPS) is 51.7. The molecule has 0 bridgehead atoms. The van der Waals surface area contributed by atoms with Gasteiger partial charge in [-0.15, -0.1) is 0 Å². The molecule has 0 aromatic rings. The smallest absolute Gasteiger partial charge is 0.406 e. The first-order valence-corrected chi connectivity index (χ1v) is 14.6. The van der Waals surface area contributed by atoms with Crippen molar-refractivity contribution in [1.29, 1.82) is 0 Å². The van der Waals surface area contributed by atoms with Crippen molar-refractivity contribution in [3.8, 4) is 0 Å². The lowest BCUT2D eigenvalue weighted by Gasteiger charge is -2.61. The van der Waals surface area contributed by atoms with Crippen LogP contribution in [-0.2, 0) is 14.1 Å². The van der Waals surface area contributed by atoms with E-state index in [1.54, 1.807) is 0 Å². The van der Waals surface area contributed by atoms with Crippen molar-refractivity contribution in [2.75, 3.05) is 0 Å². The van der Waals surface area contributed by atoms with Gasteiger partial charge in [0.05, 0.1) is 24.4 Å². The fourth-order valence-corrected chi connectivity index (χ4v) is 10.1. The molecule has 2 N–H and O–H groups in total. The van der Waals surface area contributed by atoms with E-state index in [1.807, 2.05) is 6.82 Å². The maximum atomic E-state index is 13.4. The number of fused-ring (bicyclic) bond motifs is 5. The number of Topliss-reactive ketones (excluding diaryl/α,β-unsaturated/α-hetero) is 1. The molecule has 5 fully saturated rings. The fraction of sp³-hybridized carbons (Fsp3) is 0.966. The molecule has 4 saturated carbocycles. The Hall–Kier alpha value is -0.425. The number of aliphatic hydroxyl groups is 2. The molecule has 13 atom stereocenters. The molecular formula is C29H49BO5. The first kappa shape index (κ1) is 26.2. The predicted molar refractivity (Wildman–Crippen MR) is 138 cm³/mol. The Labute approximate surface area is 213 Å². The first-order chi connectivity index (χ1) is 16.4. The summed E-state index contributed by atoms with van der Waals surface area (Å²) in [6, 6.07) is 0. The number of rotatable bonds is 4. The molecule has 6 heteroatoms. The minimum absolute atomic E-state index is 0.0913. The highest BCUT2D eigenvalue weighted by Crippen LogP contribution is 2.68. The summed E-state index contributed by atoms with van der Waals surface area (Å²) in [5.74, 6) is 3.69. The van der Waals surface area contributed by atoms with Crippen LogP contribution < -0.4 is 0 Å². The molecule has 0 aromatic carbocycles. The van der Waals surface area contributed by atoms with Gasteiger partial charge in [-0.25, -0.2) is 0 Å². The van der Waals surface area contributed by atoms with Gasteiger partial charge in [0.2, 0.25) is 0 Å². The van der Waals surface area contributed by atoms with Crippen LogP contribution in [0.25, 0.3) is 0 Å². The highest BCUT2D eigenvalue weighted by Gasteiger charge is 2.64. The Balaban J connectivity index is 1.38. The second-order valence-electron chi connectivity index (χ2n) is 14.1. The van der Waals surface area contributed by atoms with Crippen LogP contribution in [0, 0.1) is 58.2 Å². The zero-order chi connectivity index (χ0) is 25.4. The zero-order valence-electron chi connectivity index (χ0n) is 23.1. The van der Waals surface area contributed by atoms with E-state index in [0.717, 1.165) is 6.42 Å². The average molecular weight is 489 g/mol. The van der Waals surface area contributed by atoms with Crippen molar-refractivity contribution in [2.45, 2.75) is 118 Å². The Morgan fingerprint density at radius 1 is 0.943 bits per heavy atom. The molecule has 0 amide bonds. The summed E-state index contributed by atoms with van der Waals surface area (Å²) < 4.78 is 12.8. The van der Waals surface area contributed by atoms with Gasteiger partial charge >= 0.3 is 7.12 Å².